The summed E-state index contributed by atoms with van der Waals surface area (Å²) in [5, 5.41) is 3.22. The molecule has 0 saturated carbocycles. The summed E-state index contributed by atoms with van der Waals surface area (Å²) in [7, 11) is 0. The number of hydrogen-bond acceptors (Lipinski definition) is 3. The molecule has 0 spiro atoms. The third-order valence-corrected chi connectivity index (χ3v) is 5.10. The maximum atomic E-state index is 12.9. The molecule has 31 heavy (non-hydrogen) atoms. The van der Waals surface area contributed by atoms with Gasteiger partial charge in [0.25, 0.3) is 0 Å². The summed E-state index contributed by atoms with van der Waals surface area (Å²) in [5.74, 6) is 1.48. The predicted molar refractivity (Wildman–Crippen MR) is 125 cm³/mol. The fourth-order valence-electron chi connectivity index (χ4n) is 3.51. The van der Waals surface area contributed by atoms with Crippen molar-refractivity contribution < 1.29 is 14.3 Å². The number of carbonyl (C=O) groups excluding carboxylic acids is 1. The Hall–Kier alpha value is -3.27. The number of benzene rings is 3. The molecule has 1 atom stereocenters. The molecule has 1 unspecified atom stereocenters. The fourth-order valence-corrected chi connectivity index (χ4v) is 3.51. The predicted octanol–water partition coefficient (Wildman–Crippen LogP) is 5.63. The van der Waals surface area contributed by atoms with Crippen molar-refractivity contribution in [1.82, 2.24) is 5.32 Å². The second-order valence-electron chi connectivity index (χ2n) is 7.47. The lowest BCUT2D eigenvalue weighted by molar-refractivity contribution is -0.121. The minimum atomic E-state index is -0.173. The monoisotopic (exact) mass is 417 g/mol. The fraction of sp³-hybridized carbons (Fsp3) is 0.296. The Bertz CT molecular complexity index is 968. The summed E-state index contributed by atoms with van der Waals surface area (Å²) in [5.41, 5.74) is 4.39. The number of carbonyl (C=O) groups is 1. The van der Waals surface area contributed by atoms with Gasteiger partial charge in [-0.25, -0.2) is 0 Å². The van der Waals surface area contributed by atoms with Crippen molar-refractivity contribution in [1.29, 1.82) is 0 Å². The SMILES string of the molecule is CCOc1ccc(CCC(=O)NC(c2ccccc2)c2ccc(C)cc2)cc1OCC. The highest BCUT2D eigenvalue weighted by Crippen LogP contribution is 2.29. The summed E-state index contributed by atoms with van der Waals surface area (Å²) in [4.78, 5) is 12.9. The highest BCUT2D eigenvalue weighted by Gasteiger charge is 2.17. The van der Waals surface area contributed by atoms with Crippen molar-refractivity contribution in [3.8, 4) is 11.5 Å². The lowest BCUT2D eigenvalue weighted by atomic mass is 9.97. The Morgan fingerprint density at radius 3 is 2.16 bits per heavy atom. The first-order chi connectivity index (χ1) is 15.1. The van der Waals surface area contributed by atoms with Crippen molar-refractivity contribution in [2.45, 2.75) is 39.7 Å². The van der Waals surface area contributed by atoms with Crippen LogP contribution in [0.5, 0.6) is 11.5 Å². The molecule has 0 fully saturated rings. The molecule has 3 aromatic rings. The second kappa shape index (κ2) is 11.2. The molecule has 0 heterocycles. The summed E-state index contributed by atoms with van der Waals surface area (Å²) in [6, 6.07) is 24.1. The molecule has 1 amide bonds. The van der Waals surface area contributed by atoms with E-state index in [2.05, 4.69) is 36.5 Å². The van der Waals surface area contributed by atoms with E-state index in [4.69, 9.17) is 9.47 Å². The van der Waals surface area contributed by atoms with E-state index in [-0.39, 0.29) is 11.9 Å². The average molecular weight is 418 g/mol. The summed E-state index contributed by atoms with van der Waals surface area (Å²) in [6.07, 6.45) is 1.03. The quantitative estimate of drug-likeness (QED) is 0.465. The zero-order chi connectivity index (χ0) is 22.1. The van der Waals surface area contributed by atoms with Crippen molar-refractivity contribution in [3.63, 3.8) is 0 Å². The van der Waals surface area contributed by atoms with Gasteiger partial charge in [0.05, 0.1) is 19.3 Å². The molecule has 4 nitrogen and oxygen atoms in total. The van der Waals surface area contributed by atoms with Gasteiger partial charge >= 0.3 is 0 Å². The molecule has 4 heteroatoms. The van der Waals surface area contributed by atoms with Crippen LogP contribution in [0.1, 0.15) is 48.6 Å². The summed E-state index contributed by atoms with van der Waals surface area (Å²) < 4.78 is 11.3. The zero-order valence-corrected chi connectivity index (χ0v) is 18.6. The third-order valence-electron chi connectivity index (χ3n) is 5.10. The smallest absolute Gasteiger partial charge is 0.221 e. The Kier molecular flexibility index (Phi) is 8.11. The maximum absolute atomic E-state index is 12.9. The van der Waals surface area contributed by atoms with Crippen LogP contribution in [-0.2, 0) is 11.2 Å². The molecule has 0 saturated heterocycles. The van der Waals surface area contributed by atoms with Crippen LogP contribution in [-0.4, -0.2) is 19.1 Å². The van der Waals surface area contributed by atoms with Gasteiger partial charge in [-0.3, -0.25) is 4.79 Å². The van der Waals surface area contributed by atoms with E-state index in [1.54, 1.807) is 0 Å². The van der Waals surface area contributed by atoms with Crippen molar-refractivity contribution in [3.05, 3.63) is 95.1 Å². The van der Waals surface area contributed by atoms with Crippen LogP contribution in [0.15, 0.2) is 72.8 Å². The van der Waals surface area contributed by atoms with Gasteiger partial charge in [-0.2, -0.15) is 0 Å². The molecule has 0 radical (unpaired) electrons. The van der Waals surface area contributed by atoms with Gasteiger partial charge in [0.1, 0.15) is 0 Å². The minimum absolute atomic E-state index is 0.0151. The van der Waals surface area contributed by atoms with Crippen molar-refractivity contribution in [2.24, 2.45) is 0 Å². The largest absolute Gasteiger partial charge is 0.490 e. The van der Waals surface area contributed by atoms with E-state index >= 15 is 0 Å². The van der Waals surface area contributed by atoms with E-state index < -0.39 is 0 Å². The first-order valence-corrected chi connectivity index (χ1v) is 10.9. The molecular weight excluding hydrogens is 386 g/mol. The standard InChI is InChI=1S/C27H31NO3/c1-4-30-24-17-13-21(19-25(24)31-5-2)14-18-26(29)28-27(22-9-7-6-8-10-22)23-15-11-20(3)12-16-23/h6-13,15-17,19,27H,4-5,14,18H2,1-3H3,(H,28,29). The van der Waals surface area contributed by atoms with Gasteiger partial charge in [-0.15, -0.1) is 0 Å². The highest BCUT2D eigenvalue weighted by molar-refractivity contribution is 5.77. The van der Waals surface area contributed by atoms with Crippen LogP contribution in [0, 0.1) is 6.92 Å². The van der Waals surface area contributed by atoms with Crippen LogP contribution in [0.4, 0.5) is 0 Å². The summed E-state index contributed by atoms with van der Waals surface area (Å²) in [6.45, 7) is 7.12. The highest BCUT2D eigenvalue weighted by atomic mass is 16.5. The Morgan fingerprint density at radius 2 is 1.48 bits per heavy atom. The molecule has 0 aliphatic carbocycles. The molecule has 162 valence electrons. The molecule has 0 aliphatic heterocycles. The molecular formula is C27H31NO3. The molecule has 0 bridgehead atoms. The lowest BCUT2D eigenvalue weighted by Gasteiger charge is -2.20. The maximum Gasteiger partial charge on any atom is 0.221 e. The molecule has 1 N–H and O–H groups in total. The lowest BCUT2D eigenvalue weighted by Crippen LogP contribution is -2.29. The van der Waals surface area contributed by atoms with E-state index in [9.17, 15) is 4.79 Å². The van der Waals surface area contributed by atoms with Crippen LogP contribution in [0.3, 0.4) is 0 Å². The number of ether oxygens (including phenoxy) is 2. The Balaban J connectivity index is 1.70. The number of nitrogens with one attached hydrogen (secondary N) is 1. The normalized spacial score (nSPS) is 11.6. The first kappa shape index (κ1) is 22.4. The first-order valence-electron chi connectivity index (χ1n) is 10.9. The van der Waals surface area contributed by atoms with Gasteiger partial charge < -0.3 is 14.8 Å². The summed E-state index contributed by atoms with van der Waals surface area (Å²) >= 11 is 0. The van der Waals surface area contributed by atoms with Crippen molar-refractivity contribution in [2.75, 3.05) is 13.2 Å². The number of aryl methyl sites for hydroxylation is 2. The van der Waals surface area contributed by atoms with Gasteiger partial charge in [-0.1, -0.05) is 66.2 Å². The van der Waals surface area contributed by atoms with Crippen LogP contribution in [0.25, 0.3) is 0 Å². The van der Waals surface area contributed by atoms with Crippen LogP contribution >= 0.6 is 0 Å². The minimum Gasteiger partial charge on any atom is -0.490 e. The van der Waals surface area contributed by atoms with Gasteiger partial charge in [0.15, 0.2) is 11.5 Å². The second-order valence-corrected chi connectivity index (χ2v) is 7.47. The zero-order valence-electron chi connectivity index (χ0n) is 18.6. The van der Waals surface area contributed by atoms with Crippen LogP contribution in [0.2, 0.25) is 0 Å². The molecule has 0 aliphatic rings. The van der Waals surface area contributed by atoms with Gasteiger partial charge in [0, 0.05) is 6.42 Å². The molecule has 3 rings (SSSR count). The van der Waals surface area contributed by atoms with E-state index in [0.29, 0.717) is 26.1 Å². The third kappa shape index (κ3) is 6.35. The van der Waals surface area contributed by atoms with E-state index in [0.717, 1.165) is 28.2 Å². The van der Waals surface area contributed by atoms with Crippen molar-refractivity contribution >= 4 is 5.91 Å². The van der Waals surface area contributed by atoms with Crippen LogP contribution < -0.4 is 14.8 Å². The Labute approximate surface area is 185 Å². The molecule has 3 aromatic carbocycles. The Morgan fingerprint density at radius 1 is 0.839 bits per heavy atom. The van der Waals surface area contributed by atoms with E-state index in [1.165, 1.54) is 5.56 Å². The number of rotatable bonds is 10. The topological polar surface area (TPSA) is 47.6 Å². The average Bonchev–Trinajstić information content (AvgIpc) is 2.79. The van der Waals surface area contributed by atoms with Gasteiger partial charge in [0.2, 0.25) is 5.91 Å². The number of amides is 1. The molecule has 0 aromatic heterocycles. The van der Waals surface area contributed by atoms with Gasteiger partial charge in [-0.05, 0) is 56.0 Å². The van der Waals surface area contributed by atoms with E-state index in [1.807, 2.05) is 62.4 Å². The number of hydrogen-bond donors (Lipinski definition) is 1.